The highest BCUT2D eigenvalue weighted by Crippen LogP contribution is 2.38. The maximum atomic E-state index is 13.6. The van der Waals surface area contributed by atoms with E-state index < -0.39 is 24.0 Å². The quantitative estimate of drug-likeness (QED) is 0.671. The van der Waals surface area contributed by atoms with E-state index in [1.807, 2.05) is 22.9 Å². The van der Waals surface area contributed by atoms with Gasteiger partial charge in [0.15, 0.2) is 0 Å². The largest absolute Gasteiger partial charge is 0.418 e. The molecule has 4 rings (SSSR count). The maximum Gasteiger partial charge on any atom is 0.418 e. The van der Waals surface area contributed by atoms with Crippen LogP contribution in [-0.4, -0.2) is 72.2 Å². The highest BCUT2D eigenvalue weighted by atomic mass is 19.4. The van der Waals surface area contributed by atoms with E-state index in [0.717, 1.165) is 12.5 Å². The number of aromatic nitrogens is 1. The number of benzene rings is 1. The molecule has 2 aliphatic rings. The third-order valence-electron chi connectivity index (χ3n) is 6.31. The van der Waals surface area contributed by atoms with Gasteiger partial charge in [-0.15, -0.1) is 0 Å². The van der Waals surface area contributed by atoms with E-state index in [0.29, 0.717) is 24.2 Å². The summed E-state index contributed by atoms with van der Waals surface area (Å²) in [5, 5.41) is 9.57. The summed E-state index contributed by atoms with van der Waals surface area (Å²) < 4.78 is 53.8. The van der Waals surface area contributed by atoms with Gasteiger partial charge in [-0.25, -0.2) is 4.39 Å². The minimum absolute atomic E-state index is 0.0118. The SMILES string of the molecule is CN(c1ccc(C(F)(F)F)c2ncccc12)[C@H]1CCN(CC(=O)N2C[C@@H](F)C[C@H]2C#N)C1. The molecule has 0 aliphatic carbocycles. The van der Waals surface area contributed by atoms with Gasteiger partial charge in [-0.05, 0) is 30.7 Å². The van der Waals surface area contributed by atoms with Crippen LogP contribution in [0.4, 0.5) is 23.2 Å². The number of nitriles is 1. The lowest BCUT2D eigenvalue weighted by atomic mass is 10.1. The van der Waals surface area contributed by atoms with E-state index in [9.17, 15) is 22.4 Å². The first-order chi connectivity index (χ1) is 15.2. The summed E-state index contributed by atoms with van der Waals surface area (Å²) in [4.78, 5) is 21.8. The first-order valence-electron chi connectivity index (χ1n) is 10.4. The van der Waals surface area contributed by atoms with Crippen molar-refractivity contribution in [2.75, 3.05) is 38.1 Å². The number of halogens is 4. The fraction of sp³-hybridized carbons (Fsp3) is 0.500. The Labute approximate surface area is 183 Å². The Morgan fingerprint density at radius 3 is 2.81 bits per heavy atom. The molecule has 2 aliphatic heterocycles. The molecule has 0 radical (unpaired) electrons. The average molecular weight is 449 g/mol. The Morgan fingerprint density at radius 1 is 1.31 bits per heavy atom. The summed E-state index contributed by atoms with van der Waals surface area (Å²) in [6.45, 7) is 1.19. The number of hydrogen-bond donors (Lipinski definition) is 0. The van der Waals surface area contributed by atoms with Crippen molar-refractivity contribution in [3.63, 3.8) is 0 Å². The number of anilines is 1. The zero-order valence-corrected chi connectivity index (χ0v) is 17.5. The van der Waals surface area contributed by atoms with Crippen LogP contribution < -0.4 is 4.90 Å². The highest BCUT2D eigenvalue weighted by molar-refractivity contribution is 5.94. The Hall–Kier alpha value is -2.93. The lowest BCUT2D eigenvalue weighted by molar-refractivity contribution is -0.136. The van der Waals surface area contributed by atoms with Crippen molar-refractivity contribution in [2.24, 2.45) is 0 Å². The average Bonchev–Trinajstić information content (AvgIpc) is 3.38. The van der Waals surface area contributed by atoms with Crippen LogP contribution in [0.2, 0.25) is 0 Å². The minimum Gasteiger partial charge on any atom is -0.370 e. The fourth-order valence-corrected chi connectivity index (χ4v) is 4.63. The van der Waals surface area contributed by atoms with Crippen molar-refractivity contribution in [3.8, 4) is 6.07 Å². The normalized spacial score (nSPS) is 24.1. The second kappa shape index (κ2) is 8.54. The summed E-state index contributed by atoms with van der Waals surface area (Å²) in [5.74, 6) is -0.274. The van der Waals surface area contributed by atoms with Gasteiger partial charge in [-0.2, -0.15) is 18.4 Å². The molecule has 10 heteroatoms. The number of likely N-dealkylation sites (tertiary alicyclic amines) is 2. The maximum absolute atomic E-state index is 13.6. The van der Waals surface area contributed by atoms with Gasteiger partial charge in [0.1, 0.15) is 12.2 Å². The molecule has 1 aromatic carbocycles. The molecule has 2 fully saturated rings. The lowest BCUT2D eigenvalue weighted by Crippen LogP contribution is -2.43. The van der Waals surface area contributed by atoms with Crippen LogP contribution in [-0.2, 0) is 11.0 Å². The topological polar surface area (TPSA) is 63.5 Å². The van der Waals surface area contributed by atoms with E-state index >= 15 is 0 Å². The lowest BCUT2D eigenvalue weighted by Gasteiger charge is -2.29. The van der Waals surface area contributed by atoms with Crippen LogP contribution in [0.3, 0.4) is 0 Å². The zero-order valence-electron chi connectivity index (χ0n) is 17.5. The number of alkyl halides is 4. The third kappa shape index (κ3) is 4.21. The van der Waals surface area contributed by atoms with Crippen molar-refractivity contribution in [1.29, 1.82) is 5.26 Å². The molecule has 6 nitrogen and oxygen atoms in total. The first-order valence-corrected chi connectivity index (χ1v) is 10.4. The van der Waals surface area contributed by atoms with Gasteiger partial charge in [-0.3, -0.25) is 14.7 Å². The van der Waals surface area contributed by atoms with Gasteiger partial charge in [0, 0.05) is 49.9 Å². The molecule has 3 atom stereocenters. The van der Waals surface area contributed by atoms with Crippen LogP contribution in [0.1, 0.15) is 18.4 Å². The Kier molecular flexibility index (Phi) is 5.95. The van der Waals surface area contributed by atoms with Crippen molar-refractivity contribution < 1.29 is 22.4 Å². The number of nitrogens with zero attached hydrogens (tertiary/aromatic N) is 5. The molecular weight excluding hydrogens is 426 g/mol. The van der Waals surface area contributed by atoms with E-state index in [4.69, 9.17) is 5.26 Å². The molecule has 0 saturated carbocycles. The van der Waals surface area contributed by atoms with E-state index in [-0.39, 0.29) is 37.0 Å². The fourth-order valence-electron chi connectivity index (χ4n) is 4.63. The molecule has 0 bridgehead atoms. The van der Waals surface area contributed by atoms with Crippen molar-refractivity contribution in [3.05, 3.63) is 36.0 Å². The predicted octanol–water partition coefficient (Wildman–Crippen LogP) is 3.23. The van der Waals surface area contributed by atoms with Gasteiger partial charge in [0.2, 0.25) is 5.91 Å². The van der Waals surface area contributed by atoms with Crippen molar-refractivity contribution >= 4 is 22.5 Å². The monoisotopic (exact) mass is 449 g/mol. The number of carbonyl (C=O) groups is 1. The summed E-state index contributed by atoms with van der Waals surface area (Å²) in [7, 11) is 1.82. The number of hydrogen-bond acceptors (Lipinski definition) is 5. The highest BCUT2D eigenvalue weighted by Gasteiger charge is 2.38. The van der Waals surface area contributed by atoms with Crippen molar-refractivity contribution in [2.45, 2.75) is 37.3 Å². The Balaban J connectivity index is 1.48. The summed E-state index contributed by atoms with van der Waals surface area (Å²) in [6.07, 6.45) is -3.56. The molecule has 170 valence electrons. The van der Waals surface area contributed by atoms with Crippen LogP contribution in [0, 0.1) is 11.3 Å². The van der Waals surface area contributed by atoms with Crippen LogP contribution in [0.25, 0.3) is 10.9 Å². The van der Waals surface area contributed by atoms with Crippen LogP contribution in [0.15, 0.2) is 30.5 Å². The smallest absolute Gasteiger partial charge is 0.370 e. The van der Waals surface area contributed by atoms with Gasteiger partial charge in [0.25, 0.3) is 0 Å². The van der Waals surface area contributed by atoms with Gasteiger partial charge in [-0.1, -0.05) is 0 Å². The number of carbonyl (C=O) groups excluding carboxylic acids is 1. The van der Waals surface area contributed by atoms with E-state index in [1.165, 1.54) is 17.2 Å². The van der Waals surface area contributed by atoms with Gasteiger partial charge < -0.3 is 9.80 Å². The molecular formula is C22H23F4N5O. The summed E-state index contributed by atoms with van der Waals surface area (Å²) in [5.41, 5.74) is -0.219. The number of pyridine rings is 1. The molecule has 1 aromatic heterocycles. The molecule has 2 saturated heterocycles. The minimum atomic E-state index is -4.50. The van der Waals surface area contributed by atoms with Crippen molar-refractivity contribution in [1.82, 2.24) is 14.8 Å². The Morgan fingerprint density at radius 2 is 2.09 bits per heavy atom. The molecule has 32 heavy (non-hydrogen) atoms. The standard InChI is InChI=1S/C22H23F4N5O/c1-29(19-5-4-18(22(24,25)26)21-17(19)3-2-7-28-21)15-6-8-30(12-15)13-20(32)31-11-14(23)9-16(31)10-27/h2-5,7,14-16H,6,8-9,11-13H2,1H3/t14-,15-,16-/m0/s1. The molecule has 0 unspecified atom stereocenters. The molecule has 2 aromatic rings. The molecule has 1 amide bonds. The number of fused-ring (bicyclic) bond motifs is 1. The molecule has 0 spiro atoms. The second-order valence-corrected chi connectivity index (χ2v) is 8.34. The third-order valence-corrected chi connectivity index (χ3v) is 6.31. The van der Waals surface area contributed by atoms with Gasteiger partial charge in [0.05, 0.1) is 30.2 Å². The number of amides is 1. The number of rotatable bonds is 4. The van der Waals surface area contributed by atoms with E-state index in [2.05, 4.69) is 4.98 Å². The number of likely N-dealkylation sites (N-methyl/N-ethyl adjacent to an activating group) is 1. The first kappa shape index (κ1) is 22.3. The second-order valence-electron chi connectivity index (χ2n) is 8.34. The zero-order chi connectivity index (χ0) is 23.0. The van der Waals surface area contributed by atoms with Crippen LogP contribution >= 0.6 is 0 Å². The summed E-state index contributed by atoms with van der Waals surface area (Å²) in [6, 6.07) is 7.00. The van der Waals surface area contributed by atoms with Gasteiger partial charge >= 0.3 is 6.18 Å². The molecule has 3 heterocycles. The predicted molar refractivity (Wildman–Crippen MR) is 111 cm³/mol. The van der Waals surface area contributed by atoms with E-state index in [1.54, 1.807) is 12.1 Å². The summed E-state index contributed by atoms with van der Waals surface area (Å²) >= 11 is 0. The van der Waals surface area contributed by atoms with Crippen LogP contribution in [0.5, 0.6) is 0 Å². The Bertz CT molecular complexity index is 1050. The molecule has 0 N–H and O–H groups in total.